The number of rotatable bonds is 4. The summed E-state index contributed by atoms with van der Waals surface area (Å²) in [5.74, 6) is -1.21. The van der Waals surface area contributed by atoms with Crippen molar-refractivity contribution < 1.29 is 4.79 Å². The number of aryl methyl sites for hydroxylation is 1. The molecule has 0 radical (unpaired) electrons. The molecule has 3 heterocycles. The van der Waals surface area contributed by atoms with Crippen LogP contribution in [0.5, 0.6) is 0 Å². The van der Waals surface area contributed by atoms with Gasteiger partial charge in [-0.3, -0.25) is 9.20 Å². The summed E-state index contributed by atoms with van der Waals surface area (Å²) in [6.07, 6.45) is 3.77. The van der Waals surface area contributed by atoms with Crippen molar-refractivity contribution in [3.63, 3.8) is 0 Å². The summed E-state index contributed by atoms with van der Waals surface area (Å²) < 4.78 is 1.86. The Labute approximate surface area is 135 Å². The highest BCUT2D eigenvalue weighted by Crippen LogP contribution is 2.27. The third-order valence-corrected chi connectivity index (χ3v) is 4.89. The third kappa shape index (κ3) is 2.40. The lowest BCUT2D eigenvalue weighted by Crippen LogP contribution is -2.12. The number of nitriles is 1. The molecule has 0 amide bonds. The Morgan fingerprint density at radius 1 is 1.45 bits per heavy atom. The summed E-state index contributed by atoms with van der Waals surface area (Å²) in [6.45, 7) is 1.84. The predicted molar refractivity (Wildman–Crippen MR) is 86.5 cm³/mol. The molecule has 110 valence electrons. The maximum atomic E-state index is 12.8. The van der Waals surface area contributed by atoms with Gasteiger partial charge in [0, 0.05) is 17.3 Å². The molecule has 0 saturated heterocycles. The number of imidazole rings is 1. The number of pyridine rings is 1. The van der Waals surface area contributed by atoms with Crippen LogP contribution in [0.15, 0.2) is 34.9 Å². The van der Waals surface area contributed by atoms with Crippen LogP contribution in [0.1, 0.15) is 27.1 Å². The minimum Gasteiger partial charge on any atom is -0.294 e. The number of Topliss-reactive ketones (excluding diaryl/α,β-unsaturated/α-hetero) is 1. The first-order valence-corrected chi connectivity index (χ1v) is 8.63. The van der Waals surface area contributed by atoms with Crippen LogP contribution in [0.4, 0.5) is 0 Å². The lowest BCUT2D eigenvalue weighted by Gasteiger charge is -2.03. The maximum Gasteiger partial charge on any atom is 0.207 e. The molecule has 0 N–H and O–H groups in total. The van der Waals surface area contributed by atoms with Crippen molar-refractivity contribution in [1.29, 1.82) is 5.26 Å². The number of aromatic nitrogens is 3. The number of fused-ring (bicyclic) bond motifs is 1. The van der Waals surface area contributed by atoms with Crippen molar-refractivity contribution in [2.45, 2.75) is 18.0 Å². The van der Waals surface area contributed by atoms with Crippen LogP contribution in [0.2, 0.25) is 0 Å². The Balaban J connectivity index is 2.10. The average Bonchev–Trinajstić information content (AvgIpc) is 3.12. The second-order valence-electron chi connectivity index (χ2n) is 4.66. The molecule has 5 nitrogen and oxygen atoms in total. The van der Waals surface area contributed by atoms with Gasteiger partial charge in [0.15, 0.2) is 11.1 Å². The highest BCUT2D eigenvalue weighted by Gasteiger charge is 2.28. The topological polar surface area (TPSA) is 71.0 Å². The van der Waals surface area contributed by atoms with Crippen molar-refractivity contribution in [3.05, 3.63) is 46.2 Å². The molecule has 0 aliphatic carbocycles. The van der Waals surface area contributed by atoms with Crippen LogP contribution in [-0.2, 0) is 0 Å². The van der Waals surface area contributed by atoms with Crippen LogP contribution in [-0.4, -0.2) is 26.4 Å². The number of carbonyl (C=O) groups is 1. The number of carbonyl (C=O) groups excluding carboxylic acids is 1. The van der Waals surface area contributed by atoms with Crippen LogP contribution < -0.4 is 0 Å². The van der Waals surface area contributed by atoms with E-state index < -0.39 is 5.92 Å². The van der Waals surface area contributed by atoms with Crippen molar-refractivity contribution in [1.82, 2.24) is 14.4 Å². The van der Waals surface area contributed by atoms with E-state index in [1.165, 1.54) is 23.1 Å². The molecular weight excluding hydrogens is 316 g/mol. The Bertz CT molecular complexity index is 890. The van der Waals surface area contributed by atoms with Gasteiger partial charge in [-0.05, 0) is 25.3 Å². The molecule has 3 aromatic heterocycles. The van der Waals surface area contributed by atoms with Gasteiger partial charge in [-0.25, -0.2) is 9.97 Å². The van der Waals surface area contributed by atoms with Gasteiger partial charge >= 0.3 is 0 Å². The molecule has 22 heavy (non-hydrogen) atoms. The van der Waals surface area contributed by atoms with E-state index in [1.54, 1.807) is 0 Å². The van der Waals surface area contributed by atoms with E-state index in [2.05, 4.69) is 16.0 Å². The van der Waals surface area contributed by atoms with E-state index in [4.69, 9.17) is 0 Å². The Morgan fingerprint density at radius 3 is 2.91 bits per heavy atom. The summed E-state index contributed by atoms with van der Waals surface area (Å²) >= 11 is 2.79. The quantitative estimate of drug-likeness (QED) is 0.543. The molecule has 0 bridgehead atoms. The van der Waals surface area contributed by atoms with Gasteiger partial charge in [-0.2, -0.15) is 5.26 Å². The smallest absolute Gasteiger partial charge is 0.207 e. The molecule has 1 atom stereocenters. The summed E-state index contributed by atoms with van der Waals surface area (Å²) in [7, 11) is 0. The molecule has 3 aromatic rings. The van der Waals surface area contributed by atoms with E-state index in [-0.39, 0.29) is 5.78 Å². The highest BCUT2D eigenvalue weighted by atomic mass is 32.2. The SMILES string of the molecule is CSc1nc(C(=O)C(C#N)c2nc(C)cs2)c2ccccn12. The highest BCUT2D eigenvalue weighted by molar-refractivity contribution is 7.98. The number of nitrogens with zero attached hydrogens (tertiary/aromatic N) is 4. The zero-order valence-corrected chi connectivity index (χ0v) is 13.6. The van der Waals surface area contributed by atoms with Crippen molar-refractivity contribution in [3.8, 4) is 6.07 Å². The van der Waals surface area contributed by atoms with Crippen LogP contribution in [0.3, 0.4) is 0 Å². The zero-order valence-electron chi connectivity index (χ0n) is 12.0. The second kappa shape index (κ2) is 5.91. The molecule has 3 rings (SSSR count). The normalized spacial score (nSPS) is 12.2. The van der Waals surface area contributed by atoms with E-state index in [1.807, 2.05) is 47.4 Å². The van der Waals surface area contributed by atoms with Crippen LogP contribution >= 0.6 is 23.1 Å². The minimum absolute atomic E-state index is 0.305. The molecule has 0 saturated carbocycles. The fourth-order valence-electron chi connectivity index (χ4n) is 2.20. The van der Waals surface area contributed by atoms with E-state index in [9.17, 15) is 10.1 Å². The Kier molecular flexibility index (Phi) is 3.96. The monoisotopic (exact) mass is 328 g/mol. The summed E-state index contributed by atoms with van der Waals surface area (Å²) in [5.41, 5.74) is 1.85. The first kappa shape index (κ1) is 14.8. The molecule has 7 heteroatoms. The van der Waals surface area contributed by atoms with Gasteiger partial charge in [0.25, 0.3) is 0 Å². The molecule has 0 aliphatic rings. The van der Waals surface area contributed by atoms with Gasteiger partial charge in [0.1, 0.15) is 10.7 Å². The number of thiazole rings is 1. The standard InChI is InChI=1S/C15H12N4OS2/c1-9-8-22-14(17-9)10(7-16)13(20)12-11-5-3-4-6-19(11)15(18-12)21-2/h3-6,8,10H,1-2H3. The van der Waals surface area contributed by atoms with Crippen LogP contribution in [0.25, 0.3) is 5.52 Å². The largest absolute Gasteiger partial charge is 0.294 e. The molecule has 0 aromatic carbocycles. The van der Waals surface area contributed by atoms with Gasteiger partial charge in [0.2, 0.25) is 5.78 Å². The third-order valence-electron chi connectivity index (χ3n) is 3.21. The van der Waals surface area contributed by atoms with Gasteiger partial charge < -0.3 is 0 Å². The minimum atomic E-state index is -0.910. The predicted octanol–water partition coefficient (Wildman–Crippen LogP) is 3.31. The van der Waals surface area contributed by atoms with Crippen molar-refractivity contribution >= 4 is 34.4 Å². The van der Waals surface area contributed by atoms with Crippen LogP contribution in [0, 0.1) is 18.3 Å². The number of ketones is 1. The zero-order chi connectivity index (χ0) is 15.7. The first-order valence-electron chi connectivity index (χ1n) is 6.52. The number of hydrogen-bond acceptors (Lipinski definition) is 6. The first-order chi connectivity index (χ1) is 10.7. The lowest BCUT2D eigenvalue weighted by atomic mass is 10.0. The Hall–Kier alpha value is -2.17. The van der Waals surface area contributed by atoms with Crippen molar-refractivity contribution in [2.75, 3.05) is 6.26 Å². The Morgan fingerprint density at radius 2 is 2.27 bits per heavy atom. The van der Waals surface area contributed by atoms with E-state index in [0.29, 0.717) is 16.2 Å². The van der Waals surface area contributed by atoms with Gasteiger partial charge in [-0.1, -0.05) is 17.8 Å². The summed E-state index contributed by atoms with van der Waals surface area (Å²) in [5, 5.41) is 12.5. The van der Waals surface area contributed by atoms with Gasteiger partial charge in [-0.15, -0.1) is 11.3 Å². The van der Waals surface area contributed by atoms with Crippen molar-refractivity contribution in [2.24, 2.45) is 0 Å². The number of hydrogen-bond donors (Lipinski definition) is 0. The molecular formula is C15H12N4OS2. The molecule has 0 aliphatic heterocycles. The molecule has 0 fully saturated rings. The fraction of sp³-hybridized carbons (Fsp3) is 0.200. The molecule has 1 unspecified atom stereocenters. The average molecular weight is 328 g/mol. The van der Waals surface area contributed by atoms with E-state index in [0.717, 1.165) is 10.9 Å². The lowest BCUT2D eigenvalue weighted by molar-refractivity contribution is 0.0975. The molecule has 0 spiro atoms. The second-order valence-corrected chi connectivity index (χ2v) is 6.32. The number of thioether (sulfide) groups is 1. The summed E-state index contributed by atoms with van der Waals surface area (Å²) in [4.78, 5) is 21.5. The maximum absolute atomic E-state index is 12.8. The van der Waals surface area contributed by atoms with Gasteiger partial charge in [0.05, 0.1) is 11.6 Å². The van der Waals surface area contributed by atoms with E-state index >= 15 is 0 Å². The fourth-order valence-corrected chi connectivity index (χ4v) is 3.58. The summed E-state index contributed by atoms with van der Waals surface area (Å²) in [6, 6.07) is 7.64.